The summed E-state index contributed by atoms with van der Waals surface area (Å²) in [4.78, 5) is 0. The molecule has 0 saturated heterocycles. The Bertz CT molecular complexity index is 852. The molecule has 0 N–H and O–H groups in total. The van der Waals surface area contributed by atoms with Crippen LogP contribution in [0.1, 0.15) is 59.1 Å². The van der Waals surface area contributed by atoms with E-state index in [2.05, 4.69) is 87.8 Å². The molecule has 0 amide bonds. The Morgan fingerprint density at radius 1 is 0.680 bits per heavy atom. The molecule has 1 heteroatoms. The fourth-order valence-electron chi connectivity index (χ4n) is 4.82. The maximum atomic E-state index is 2.59. The second-order valence-electron chi connectivity index (χ2n) is 8.44. The Hall–Kier alpha value is -1.54. The second kappa shape index (κ2) is 5.74. The van der Waals surface area contributed by atoms with Crippen molar-refractivity contribution in [1.29, 1.82) is 0 Å². The molecule has 0 aromatic heterocycles. The summed E-state index contributed by atoms with van der Waals surface area (Å²) < 4.78 is 3.34. The van der Waals surface area contributed by atoms with Crippen LogP contribution in [0.5, 0.6) is 0 Å². The van der Waals surface area contributed by atoms with Gasteiger partial charge >= 0.3 is 155 Å². The van der Waals surface area contributed by atoms with Crippen molar-refractivity contribution >= 4 is 34.2 Å². The first-order valence-electron chi connectivity index (χ1n) is 9.46. The normalized spacial score (nSPS) is 20.9. The second-order valence-corrected chi connectivity index (χ2v) is 17.5. The molecule has 0 heterocycles. The fraction of sp³-hybridized carbons (Fsp3) is 0.333. The molecule has 0 fully saturated rings. The SMILES string of the molecule is Cc1cc[c]([Ge]([CH3])([CH3])[c]2ccc(C)c3c2C(C)C=C3)c2c1C=CC2C. The first-order valence-corrected chi connectivity index (χ1v) is 15.8. The van der Waals surface area contributed by atoms with Crippen LogP contribution in [0.4, 0.5) is 0 Å². The standard InChI is InChI=1S/C24H28Ge/c1-15-9-13-21(23-17(3)7-11-19(15)23)25(5,6)22-14-10-16(2)20-12-8-18(4)24(20)22/h7-14,17-18H,1-6H3. The molecule has 25 heavy (non-hydrogen) atoms. The van der Waals surface area contributed by atoms with Gasteiger partial charge in [0.25, 0.3) is 0 Å². The molecule has 2 aliphatic carbocycles. The fourth-order valence-corrected chi connectivity index (χ4v) is 11.9. The van der Waals surface area contributed by atoms with Gasteiger partial charge in [-0.1, -0.05) is 0 Å². The van der Waals surface area contributed by atoms with Crippen LogP contribution in [0.15, 0.2) is 36.4 Å². The first-order chi connectivity index (χ1) is 11.8. The van der Waals surface area contributed by atoms with E-state index in [4.69, 9.17) is 0 Å². The Morgan fingerprint density at radius 2 is 1.08 bits per heavy atom. The van der Waals surface area contributed by atoms with Crippen molar-refractivity contribution in [2.75, 3.05) is 0 Å². The van der Waals surface area contributed by atoms with E-state index in [1.807, 2.05) is 0 Å². The van der Waals surface area contributed by atoms with Gasteiger partial charge in [-0.3, -0.25) is 0 Å². The van der Waals surface area contributed by atoms with Crippen LogP contribution in [0.25, 0.3) is 12.2 Å². The predicted molar refractivity (Wildman–Crippen MR) is 114 cm³/mol. The quantitative estimate of drug-likeness (QED) is 0.605. The minimum absolute atomic E-state index is 0.545. The van der Waals surface area contributed by atoms with Gasteiger partial charge < -0.3 is 0 Å². The van der Waals surface area contributed by atoms with Crippen LogP contribution in [-0.4, -0.2) is 13.3 Å². The summed E-state index contributed by atoms with van der Waals surface area (Å²) in [5, 5.41) is 0. The maximum absolute atomic E-state index is 2.59. The van der Waals surface area contributed by atoms with E-state index in [9.17, 15) is 0 Å². The van der Waals surface area contributed by atoms with E-state index >= 15 is 0 Å². The van der Waals surface area contributed by atoms with E-state index in [-0.39, 0.29) is 0 Å². The molecular weight excluding hydrogens is 361 g/mol. The Balaban J connectivity index is 1.95. The average Bonchev–Trinajstić information content (AvgIpc) is 3.14. The van der Waals surface area contributed by atoms with Crippen molar-refractivity contribution in [2.24, 2.45) is 0 Å². The number of fused-ring (bicyclic) bond motifs is 2. The van der Waals surface area contributed by atoms with Gasteiger partial charge in [0.1, 0.15) is 0 Å². The number of benzene rings is 2. The summed E-state index contributed by atoms with van der Waals surface area (Å²) in [6, 6.07) is 9.60. The van der Waals surface area contributed by atoms with E-state index in [0.717, 1.165) is 0 Å². The third kappa shape index (κ3) is 2.41. The predicted octanol–water partition coefficient (Wildman–Crippen LogP) is 5.39. The third-order valence-electron chi connectivity index (χ3n) is 6.37. The summed E-state index contributed by atoms with van der Waals surface area (Å²) in [6.45, 7) is 9.21. The summed E-state index contributed by atoms with van der Waals surface area (Å²) in [6.07, 6.45) is 9.45. The van der Waals surface area contributed by atoms with E-state index in [1.54, 1.807) is 19.9 Å². The van der Waals surface area contributed by atoms with Gasteiger partial charge in [0.05, 0.1) is 0 Å². The van der Waals surface area contributed by atoms with Crippen LogP contribution in [0.3, 0.4) is 0 Å². The van der Waals surface area contributed by atoms with Gasteiger partial charge in [0, 0.05) is 0 Å². The molecule has 0 radical (unpaired) electrons. The number of aryl methyl sites for hydroxylation is 2. The zero-order valence-electron chi connectivity index (χ0n) is 16.3. The molecule has 2 aliphatic rings. The summed E-state index contributed by atoms with van der Waals surface area (Å²) in [5.41, 5.74) is 9.02. The number of hydrogen-bond acceptors (Lipinski definition) is 0. The summed E-state index contributed by atoms with van der Waals surface area (Å²) in [7, 11) is 0. The van der Waals surface area contributed by atoms with Gasteiger partial charge in [-0.2, -0.15) is 0 Å². The molecule has 0 bridgehead atoms. The van der Waals surface area contributed by atoms with Crippen molar-refractivity contribution in [3.8, 4) is 0 Å². The van der Waals surface area contributed by atoms with Gasteiger partial charge in [-0.05, 0) is 0 Å². The zero-order chi connectivity index (χ0) is 17.9. The molecule has 0 nitrogen and oxygen atoms in total. The molecule has 2 aromatic carbocycles. The van der Waals surface area contributed by atoms with E-state index < -0.39 is 13.3 Å². The third-order valence-corrected chi connectivity index (χ3v) is 13.9. The monoisotopic (exact) mass is 390 g/mol. The topological polar surface area (TPSA) is 0 Å². The van der Waals surface area contributed by atoms with Crippen molar-refractivity contribution in [3.05, 3.63) is 69.8 Å². The minimum atomic E-state index is -2.40. The molecular formula is C24H28Ge. The number of hydrogen-bond donors (Lipinski definition) is 0. The van der Waals surface area contributed by atoms with Gasteiger partial charge in [0.2, 0.25) is 0 Å². The number of rotatable bonds is 2. The van der Waals surface area contributed by atoms with Gasteiger partial charge in [-0.25, -0.2) is 0 Å². The van der Waals surface area contributed by atoms with Crippen molar-refractivity contribution < 1.29 is 0 Å². The van der Waals surface area contributed by atoms with Crippen LogP contribution in [0.2, 0.25) is 11.5 Å². The summed E-state index contributed by atoms with van der Waals surface area (Å²) in [5.74, 6) is 6.27. The molecule has 0 aliphatic heterocycles. The average molecular weight is 389 g/mol. The van der Waals surface area contributed by atoms with Crippen LogP contribution in [-0.2, 0) is 0 Å². The molecule has 4 rings (SSSR count). The van der Waals surface area contributed by atoms with Crippen molar-refractivity contribution in [2.45, 2.75) is 51.0 Å². The number of allylic oxidation sites excluding steroid dienone is 2. The summed E-state index contributed by atoms with van der Waals surface area (Å²) >= 11 is -2.40. The molecule has 2 unspecified atom stereocenters. The molecule has 128 valence electrons. The van der Waals surface area contributed by atoms with Crippen molar-refractivity contribution in [3.63, 3.8) is 0 Å². The molecule has 2 aromatic rings. The molecule has 2 atom stereocenters. The Labute approximate surface area is 155 Å². The van der Waals surface area contributed by atoms with Crippen LogP contribution >= 0.6 is 0 Å². The van der Waals surface area contributed by atoms with Gasteiger partial charge in [0.15, 0.2) is 0 Å². The van der Waals surface area contributed by atoms with E-state index in [0.29, 0.717) is 11.8 Å². The van der Waals surface area contributed by atoms with Crippen LogP contribution in [0, 0.1) is 13.8 Å². The van der Waals surface area contributed by atoms with Gasteiger partial charge in [-0.15, -0.1) is 0 Å². The molecule has 0 spiro atoms. The Kier molecular flexibility index (Phi) is 3.88. The van der Waals surface area contributed by atoms with Crippen LogP contribution < -0.4 is 8.79 Å². The Morgan fingerprint density at radius 3 is 1.48 bits per heavy atom. The van der Waals surface area contributed by atoms with Crippen molar-refractivity contribution in [1.82, 2.24) is 0 Å². The van der Waals surface area contributed by atoms with E-state index in [1.165, 1.54) is 22.3 Å². The zero-order valence-corrected chi connectivity index (χ0v) is 18.4. The molecule has 0 saturated carbocycles. The first kappa shape index (κ1) is 16.9.